The smallest absolute Gasteiger partial charge is 0.225 e. The van der Waals surface area contributed by atoms with Crippen LogP contribution in [-0.4, -0.2) is 30.4 Å². The summed E-state index contributed by atoms with van der Waals surface area (Å²) in [7, 11) is 0. The number of carbonyl (C=O) groups excluding carboxylic acids is 1. The van der Waals surface area contributed by atoms with Crippen molar-refractivity contribution in [1.29, 1.82) is 5.26 Å². The van der Waals surface area contributed by atoms with Crippen molar-refractivity contribution in [3.05, 3.63) is 23.8 Å². The number of amides is 1. The van der Waals surface area contributed by atoms with Crippen LogP contribution in [0, 0.1) is 24.2 Å². The molecule has 1 unspecified atom stereocenters. The first-order valence-corrected chi connectivity index (χ1v) is 7.24. The van der Waals surface area contributed by atoms with Crippen LogP contribution in [0.15, 0.2) is 18.2 Å². The standard InChI is InChI=1S/C16H24N4O/c1-4-20(11-12(2)10-17)8-7-16(21)19-15-9-14(18)6-5-13(15)3/h5-6,9,12H,4,7-8,11,18H2,1-3H3,(H,19,21). The highest BCUT2D eigenvalue weighted by Crippen LogP contribution is 2.18. The van der Waals surface area contributed by atoms with Crippen molar-refractivity contribution in [3.8, 4) is 6.07 Å². The van der Waals surface area contributed by atoms with Crippen LogP contribution in [-0.2, 0) is 4.79 Å². The van der Waals surface area contributed by atoms with Crippen LogP contribution in [0.1, 0.15) is 25.8 Å². The second-order valence-corrected chi connectivity index (χ2v) is 5.30. The molecule has 5 nitrogen and oxygen atoms in total. The van der Waals surface area contributed by atoms with Gasteiger partial charge < -0.3 is 16.0 Å². The molecule has 1 aromatic carbocycles. The quantitative estimate of drug-likeness (QED) is 0.755. The molecule has 0 radical (unpaired) electrons. The van der Waals surface area contributed by atoms with E-state index in [0.717, 1.165) is 17.8 Å². The summed E-state index contributed by atoms with van der Waals surface area (Å²) in [5.41, 5.74) is 8.11. The van der Waals surface area contributed by atoms with E-state index in [0.29, 0.717) is 25.2 Å². The zero-order valence-electron chi connectivity index (χ0n) is 13.0. The number of nitrogens with one attached hydrogen (secondary N) is 1. The van der Waals surface area contributed by atoms with Gasteiger partial charge in [0, 0.05) is 30.9 Å². The van der Waals surface area contributed by atoms with Crippen LogP contribution < -0.4 is 11.1 Å². The fraction of sp³-hybridized carbons (Fsp3) is 0.500. The monoisotopic (exact) mass is 288 g/mol. The Hall–Kier alpha value is -2.06. The molecule has 114 valence electrons. The van der Waals surface area contributed by atoms with Crippen molar-refractivity contribution in [1.82, 2.24) is 4.90 Å². The molecule has 0 fully saturated rings. The van der Waals surface area contributed by atoms with E-state index >= 15 is 0 Å². The van der Waals surface area contributed by atoms with Crippen molar-refractivity contribution < 1.29 is 4.79 Å². The van der Waals surface area contributed by atoms with Crippen molar-refractivity contribution >= 4 is 17.3 Å². The Morgan fingerprint density at radius 3 is 2.86 bits per heavy atom. The Bertz CT molecular complexity index is 521. The molecule has 3 N–H and O–H groups in total. The topological polar surface area (TPSA) is 82.2 Å². The summed E-state index contributed by atoms with van der Waals surface area (Å²) in [5.74, 6) is -0.0593. The van der Waals surface area contributed by atoms with Gasteiger partial charge in [-0.05, 0) is 38.1 Å². The number of hydrogen-bond acceptors (Lipinski definition) is 4. The molecule has 0 spiro atoms. The van der Waals surface area contributed by atoms with E-state index in [1.54, 1.807) is 6.07 Å². The molecule has 1 atom stereocenters. The number of anilines is 2. The van der Waals surface area contributed by atoms with E-state index in [-0.39, 0.29) is 11.8 Å². The Labute approximate surface area is 126 Å². The van der Waals surface area contributed by atoms with E-state index in [1.165, 1.54) is 0 Å². The number of nitrogen functional groups attached to an aromatic ring is 1. The number of rotatable bonds is 7. The van der Waals surface area contributed by atoms with Crippen LogP contribution in [0.4, 0.5) is 11.4 Å². The third-order valence-electron chi connectivity index (χ3n) is 3.39. The van der Waals surface area contributed by atoms with Gasteiger partial charge in [-0.2, -0.15) is 5.26 Å². The summed E-state index contributed by atoms with van der Waals surface area (Å²) >= 11 is 0. The zero-order chi connectivity index (χ0) is 15.8. The first kappa shape index (κ1) is 17.0. The van der Waals surface area contributed by atoms with Crippen molar-refractivity contribution in [2.45, 2.75) is 27.2 Å². The highest BCUT2D eigenvalue weighted by Gasteiger charge is 2.11. The molecule has 0 heterocycles. The van der Waals surface area contributed by atoms with Crippen molar-refractivity contribution in [2.75, 3.05) is 30.7 Å². The van der Waals surface area contributed by atoms with Gasteiger partial charge in [0.25, 0.3) is 0 Å². The Morgan fingerprint density at radius 1 is 1.52 bits per heavy atom. The lowest BCUT2D eigenvalue weighted by atomic mass is 10.1. The van der Waals surface area contributed by atoms with Gasteiger partial charge in [-0.15, -0.1) is 0 Å². The zero-order valence-corrected chi connectivity index (χ0v) is 13.0. The molecule has 0 aromatic heterocycles. The number of benzene rings is 1. The normalized spacial score (nSPS) is 12.0. The second kappa shape index (κ2) is 8.28. The molecular formula is C16H24N4O. The van der Waals surface area contributed by atoms with E-state index in [2.05, 4.69) is 16.3 Å². The SMILES string of the molecule is CCN(CCC(=O)Nc1cc(N)ccc1C)CC(C)C#N. The lowest BCUT2D eigenvalue weighted by Gasteiger charge is -2.21. The molecule has 1 aromatic rings. The lowest BCUT2D eigenvalue weighted by molar-refractivity contribution is -0.116. The third-order valence-corrected chi connectivity index (χ3v) is 3.39. The molecule has 0 aliphatic heterocycles. The molecule has 5 heteroatoms. The lowest BCUT2D eigenvalue weighted by Crippen LogP contribution is -2.31. The maximum absolute atomic E-state index is 12.0. The largest absolute Gasteiger partial charge is 0.399 e. The minimum atomic E-state index is -0.0354. The summed E-state index contributed by atoms with van der Waals surface area (Å²) in [4.78, 5) is 14.1. The summed E-state index contributed by atoms with van der Waals surface area (Å²) in [6, 6.07) is 7.68. The average Bonchev–Trinajstić information content (AvgIpc) is 2.46. The number of carbonyl (C=O) groups is 1. The predicted octanol–water partition coefficient (Wildman–Crippen LogP) is 2.39. The molecule has 21 heavy (non-hydrogen) atoms. The minimum absolute atomic E-state index is 0.0239. The number of nitrogens with zero attached hydrogens (tertiary/aromatic N) is 2. The molecule has 0 aliphatic rings. The Balaban J connectivity index is 2.50. The molecular weight excluding hydrogens is 264 g/mol. The summed E-state index contributed by atoms with van der Waals surface area (Å²) < 4.78 is 0. The van der Waals surface area contributed by atoms with Crippen molar-refractivity contribution in [2.24, 2.45) is 5.92 Å². The van der Waals surface area contributed by atoms with Crippen LogP contribution in [0.25, 0.3) is 0 Å². The summed E-state index contributed by atoms with van der Waals surface area (Å²) in [5, 5.41) is 11.7. The van der Waals surface area contributed by atoms with Gasteiger partial charge in [-0.1, -0.05) is 13.0 Å². The van der Waals surface area contributed by atoms with Crippen LogP contribution >= 0.6 is 0 Å². The summed E-state index contributed by atoms with van der Waals surface area (Å²) in [6.07, 6.45) is 0.403. The molecule has 0 aliphatic carbocycles. The first-order valence-electron chi connectivity index (χ1n) is 7.24. The van der Waals surface area contributed by atoms with E-state index in [1.807, 2.05) is 32.9 Å². The number of aryl methyl sites for hydroxylation is 1. The molecule has 1 amide bonds. The van der Waals surface area contributed by atoms with Gasteiger partial charge in [-0.3, -0.25) is 4.79 Å². The third kappa shape index (κ3) is 5.84. The molecule has 0 saturated heterocycles. The van der Waals surface area contributed by atoms with Gasteiger partial charge in [0.05, 0.1) is 12.0 Å². The fourth-order valence-corrected chi connectivity index (χ4v) is 2.05. The highest BCUT2D eigenvalue weighted by atomic mass is 16.1. The Morgan fingerprint density at radius 2 is 2.24 bits per heavy atom. The van der Waals surface area contributed by atoms with Crippen LogP contribution in [0.2, 0.25) is 0 Å². The average molecular weight is 288 g/mol. The number of nitrogens with two attached hydrogens (primary N) is 1. The molecule has 0 saturated carbocycles. The van der Waals surface area contributed by atoms with E-state index in [4.69, 9.17) is 11.0 Å². The maximum atomic E-state index is 12.0. The van der Waals surface area contributed by atoms with E-state index in [9.17, 15) is 4.79 Å². The predicted molar refractivity (Wildman–Crippen MR) is 85.7 cm³/mol. The first-order chi connectivity index (χ1) is 9.96. The van der Waals surface area contributed by atoms with E-state index < -0.39 is 0 Å². The number of hydrogen-bond donors (Lipinski definition) is 2. The fourth-order valence-electron chi connectivity index (χ4n) is 2.05. The van der Waals surface area contributed by atoms with Gasteiger partial charge in [0.2, 0.25) is 5.91 Å². The summed E-state index contributed by atoms with van der Waals surface area (Å²) in [6.45, 7) is 8.02. The Kier molecular flexibility index (Phi) is 6.70. The molecule has 0 bridgehead atoms. The van der Waals surface area contributed by atoms with Gasteiger partial charge in [0.15, 0.2) is 0 Å². The van der Waals surface area contributed by atoms with Crippen LogP contribution in [0.5, 0.6) is 0 Å². The highest BCUT2D eigenvalue weighted by molar-refractivity contribution is 5.92. The van der Waals surface area contributed by atoms with Crippen molar-refractivity contribution in [3.63, 3.8) is 0 Å². The number of nitriles is 1. The van der Waals surface area contributed by atoms with Gasteiger partial charge in [0.1, 0.15) is 0 Å². The van der Waals surface area contributed by atoms with Crippen LogP contribution in [0.3, 0.4) is 0 Å². The van der Waals surface area contributed by atoms with Gasteiger partial charge >= 0.3 is 0 Å². The van der Waals surface area contributed by atoms with Gasteiger partial charge in [-0.25, -0.2) is 0 Å². The minimum Gasteiger partial charge on any atom is -0.399 e. The maximum Gasteiger partial charge on any atom is 0.225 e. The molecule has 1 rings (SSSR count). The second-order valence-electron chi connectivity index (χ2n) is 5.30.